The summed E-state index contributed by atoms with van der Waals surface area (Å²) in [5.74, 6) is 0. The number of urea groups is 1. The first-order valence-corrected chi connectivity index (χ1v) is 9.89. The molecule has 2 amide bonds. The van der Waals surface area contributed by atoms with Crippen molar-refractivity contribution in [1.82, 2.24) is 0 Å². The Morgan fingerprint density at radius 3 is 1.97 bits per heavy atom. The smallest absolute Gasteiger partial charge is 0.289 e. The maximum atomic E-state index is 13.5. The van der Waals surface area contributed by atoms with Gasteiger partial charge in [-0.15, -0.1) is 0 Å². The summed E-state index contributed by atoms with van der Waals surface area (Å²) in [5, 5.41) is 10.5. The number of rotatable bonds is 3. The summed E-state index contributed by atoms with van der Waals surface area (Å²) in [7, 11) is 0. The second-order valence-electron chi connectivity index (χ2n) is 6.90. The lowest BCUT2D eigenvalue weighted by atomic mass is 9.97. The molecular weight excluding hydrogens is 405 g/mol. The van der Waals surface area contributed by atoms with Crippen molar-refractivity contribution in [2.24, 2.45) is 0 Å². The van der Waals surface area contributed by atoms with Gasteiger partial charge in [-0.25, -0.2) is 4.79 Å². The highest BCUT2D eigenvalue weighted by Gasteiger charge is 2.45. The number of benzene rings is 3. The first-order valence-electron chi connectivity index (χ1n) is 9.13. The van der Waals surface area contributed by atoms with Crippen LogP contribution >= 0.6 is 23.2 Å². The second-order valence-corrected chi connectivity index (χ2v) is 7.77. The van der Waals surface area contributed by atoms with E-state index in [0.717, 1.165) is 16.9 Å². The van der Waals surface area contributed by atoms with Crippen LogP contribution in [0, 0.1) is 11.3 Å². The van der Waals surface area contributed by atoms with E-state index in [1.165, 1.54) is 0 Å². The Hall–Kier alpha value is -3.00. The lowest BCUT2D eigenvalue weighted by Gasteiger charge is -2.26. The van der Waals surface area contributed by atoms with Gasteiger partial charge in [0.2, 0.25) is 0 Å². The predicted molar refractivity (Wildman–Crippen MR) is 117 cm³/mol. The third kappa shape index (κ3) is 3.55. The monoisotopic (exact) mass is 421 g/mol. The van der Waals surface area contributed by atoms with Gasteiger partial charge >= 0.3 is 6.03 Å². The zero-order chi connectivity index (χ0) is 20.5. The molecule has 2 unspecified atom stereocenters. The molecule has 3 aromatic carbocycles. The summed E-state index contributed by atoms with van der Waals surface area (Å²) in [5.41, 5.74) is 2.97. The summed E-state index contributed by atoms with van der Waals surface area (Å²) in [6.07, 6.45) is 0. The highest BCUT2D eigenvalue weighted by Crippen LogP contribution is 2.41. The molecule has 6 heteroatoms. The van der Waals surface area contributed by atoms with E-state index in [9.17, 15) is 10.1 Å². The molecule has 0 aromatic heterocycles. The van der Waals surface area contributed by atoms with Crippen molar-refractivity contribution in [3.63, 3.8) is 0 Å². The molecule has 1 aliphatic rings. The maximum absolute atomic E-state index is 13.5. The van der Waals surface area contributed by atoms with Crippen molar-refractivity contribution < 1.29 is 4.79 Å². The summed E-state index contributed by atoms with van der Waals surface area (Å²) in [4.78, 5) is 17.1. The van der Waals surface area contributed by atoms with Gasteiger partial charge in [0.1, 0.15) is 0 Å². The number of nitriles is 1. The van der Waals surface area contributed by atoms with Crippen LogP contribution < -0.4 is 9.80 Å². The van der Waals surface area contributed by atoms with E-state index in [1.54, 1.807) is 40.1 Å². The van der Waals surface area contributed by atoms with Crippen molar-refractivity contribution in [2.75, 3.05) is 9.80 Å². The lowest BCUT2D eigenvalue weighted by molar-refractivity contribution is 0.255. The van der Waals surface area contributed by atoms with Crippen LogP contribution in [0.15, 0.2) is 72.8 Å². The number of carbonyl (C=O) groups excluding carboxylic acids is 1. The average Bonchev–Trinajstić information content (AvgIpc) is 2.99. The molecule has 4 nitrogen and oxygen atoms in total. The molecule has 0 N–H and O–H groups in total. The number of nitrogens with zero attached hydrogens (tertiary/aromatic N) is 3. The van der Waals surface area contributed by atoms with Crippen LogP contribution in [0.4, 0.5) is 16.2 Å². The first-order chi connectivity index (χ1) is 14.0. The third-order valence-electron chi connectivity index (χ3n) is 5.12. The Balaban J connectivity index is 1.84. The van der Waals surface area contributed by atoms with Crippen LogP contribution in [0.2, 0.25) is 10.0 Å². The Kier molecular flexibility index (Phi) is 5.19. The number of anilines is 2. The van der Waals surface area contributed by atoms with E-state index in [0.29, 0.717) is 15.6 Å². The van der Waals surface area contributed by atoms with Gasteiger partial charge in [0, 0.05) is 21.4 Å². The number of hydrogen-bond acceptors (Lipinski definition) is 2. The Morgan fingerprint density at radius 2 is 1.41 bits per heavy atom. The topological polar surface area (TPSA) is 47.3 Å². The summed E-state index contributed by atoms with van der Waals surface area (Å²) < 4.78 is 0. The van der Waals surface area contributed by atoms with Crippen LogP contribution in [0.5, 0.6) is 0 Å². The maximum Gasteiger partial charge on any atom is 0.329 e. The highest BCUT2D eigenvalue weighted by atomic mass is 35.5. The third-order valence-corrected chi connectivity index (χ3v) is 5.63. The predicted octanol–water partition coefficient (Wildman–Crippen LogP) is 6.44. The molecular formula is C23H17Cl2N3O. The van der Waals surface area contributed by atoms with Crippen molar-refractivity contribution >= 4 is 40.6 Å². The minimum Gasteiger partial charge on any atom is -0.289 e. The molecule has 1 saturated heterocycles. The summed E-state index contributed by atoms with van der Waals surface area (Å²) in [6.45, 7) is 2.01. The van der Waals surface area contributed by atoms with Crippen LogP contribution in [0.25, 0.3) is 0 Å². The number of hydrogen-bond donors (Lipinski definition) is 0. The summed E-state index contributed by atoms with van der Waals surface area (Å²) in [6, 6.07) is 23.4. The van der Waals surface area contributed by atoms with Gasteiger partial charge in [-0.2, -0.15) is 5.26 Å². The molecule has 144 valence electrons. The van der Waals surface area contributed by atoms with Crippen LogP contribution in [0.1, 0.15) is 24.1 Å². The van der Waals surface area contributed by atoms with Gasteiger partial charge in [0.25, 0.3) is 0 Å². The molecule has 0 saturated carbocycles. The van der Waals surface area contributed by atoms with Gasteiger partial charge in [-0.1, -0.05) is 35.3 Å². The second kappa shape index (κ2) is 7.79. The molecule has 0 bridgehead atoms. The Labute approximate surface area is 179 Å². The minimum absolute atomic E-state index is 0.144. The fourth-order valence-electron chi connectivity index (χ4n) is 3.81. The van der Waals surface area contributed by atoms with Gasteiger partial charge in [0.15, 0.2) is 0 Å². The molecule has 1 heterocycles. The highest BCUT2D eigenvalue weighted by molar-refractivity contribution is 6.31. The van der Waals surface area contributed by atoms with Gasteiger partial charge in [-0.3, -0.25) is 9.80 Å². The summed E-state index contributed by atoms with van der Waals surface area (Å²) >= 11 is 12.1. The number of amides is 2. The molecule has 29 heavy (non-hydrogen) atoms. The molecule has 3 aromatic rings. The first kappa shape index (κ1) is 19.3. The van der Waals surface area contributed by atoms with Crippen molar-refractivity contribution in [3.8, 4) is 6.07 Å². The minimum atomic E-state index is -0.271. The standard InChI is InChI=1S/C23H17Cl2N3O/c1-15-22(17-4-2-3-16(13-17)14-26)28(21-11-7-19(25)8-12-21)23(29)27(15)20-9-5-18(24)6-10-20/h2-13,15,22H,1H3. The SMILES string of the molecule is CC1C(c2cccc(C#N)c2)N(c2ccc(Cl)cc2)C(=O)N1c1ccc(Cl)cc1. The van der Waals surface area contributed by atoms with Crippen LogP contribution in [0.3, 0.4) is 0 Å². The van der Waals surface area contributed by atoms with Crippen LogP contribution in [-0.2, 0) is 0 Å². The molecule has 1 fully saturated rings. The zero-order valence-corrected chi connectivity index (χ0v) is 17.1. The van der Waals surface area contributed by atoms with Gasteiger partial charge < -0.3 is 0 Å². The van der Waals surface area contributed by atoms with Gasteiger partial charge in [-0.05, 0) is 73.2 Å². The van der Waals surface area contributed by atoms with E-state index in [-0.39, 0.29) is 18.1 Å². The van der Waals surface area contributed by atoms with E-state index in [2.05, 4.69) is 6.07 Å². The van der Waals surface area contributed by atoms with Gasteiger partial charge in [0.05, 0.1) is 23.7 Å². The van der Waals surface area contributed by atoms with Crippen LogP contribution in [-0.4, -0.2) is 12.1 Å². The Bertz CT molecular complexity index is 1090. The lowest BCUT2D eigenvalue weighted by Crippen LogP contribution is -2.33. The molecule has 1 aliphatic heterocycles. The molecule has 0 radical (unpaired) electrons. The Morgan fingerprint density at radius 1 is 0.862 bits per heavy atom. The molecule has 4 rings (SSSR count). The molecule has 2 atom stereocenters. The fraction of sp³-hybridized carbons (Fsp3) is 0.130. The quantitative estimate of drug-likeness (QED) is 0.488. The molecule has 0 aliphatic carbocycles. The van der Waals surface area contributed by atoms with Crippen molar-refractivity contribution in [1.29, 1.82) is 5.26 Å². The largest absolute Gasteiger partial charge is 0.329 e. The average molecular weight is 422 g/mol. The van der Waals surface area contributed by atoms with E-state index >= 15 is 0 Å². The molecule has 0 spiro atoms. The number of carbonyl (C=O) groups is 1. The normalized spacial score (nSPS) is 18.8. The number of halogens is 2. The van der Waals surface area contributed by atoms with E-state index in [1.807, 2.05) is 49.4 Å². The van der Waals surface area contributed by atoms with E-state index < -0.39 is 0 Å². The fourth-order valence-corrected chi connectivity index (χ4v) is 4.06. The van der Waals surface area contributed by atoms with Crippen molar-refractivity contribution in [2.45, 2.75) is 19.0 Å². The zero-order valence-electron chi connectivity index (χ0n) is 15.6. The van der Waals surface area contributed by atoms with E-state index in [4.69, 9.17) is 23.2 Å². The van der Waals surface area contributed by atoms with Crippen molar-refractivity contribution in [3.05, 3.63) is 94.0 Å².